The van der Waals surface area contributed by atoms with Gasteiger partial charge in [-0.2, -0.15) is 0 Å². The zero-order valence-corrected chi connectivity index (χ0v) is 14.0. The lowest BCUT2D eigenvalue weighted by atomic mass is 10.1. The normalized spacial score (nSPS) is 15.4. The number of amides is 1. The van der Waals surface area contributed by atoms with Crippen molar-refractivity contribution in [1.82, 2.24) is 14.9 Å². The number of aromatic amines is 1. The first-order valence-corrected chi connectivity index (χ1v) is 8.54. The summed E-state index contributed by atoms with van der Waals surface area (Å²) >= 11 is 0. The molecule has 128 valence electrons. The summed E-state index contributed by atoms with van der Waals surface area (Å²) in [6.45, 7) is 3.98. The molecule has 0 radical (unpaired) electrons. The fourth-order valence-electron chi connectivity index (χ4n) is 3.31. The Kier molecular flexibility index (Phi) is 4.35. The van der Waals surface area contributed by atoms with Crippen LogP contribution in [-0.4, -0.2) is 53.5 Å². The fraction of sp³-hybridized carbons (Fsp3) is 0.263. The minimum atomic E-state index is -0.0140. The molecule has 2 N–H and O–H groups in total. The predicted octanol–water partition coefficient (Wildman–Crippen LogP) is 2.32. The van der Waals surface area contributed by atoms with Crippen molar-refractivity contribution in [3.63, 3.8) is 0 Å². The first-order valence-electron chi connectivity index (χ1n) is 8.54. The van der Waals surface area contributed by atoms with E-state index in [0.29, 0.717) is 12.4 Å². The molecule has 1 aromatic carbocycles. The number of carbonyl (C=O) groups excluding carboxylic acids is 1. The Balaban J connectivity index is 1.34. The van der Waals surface area contributed by atoms with Crippen LogP contribution in [0.2, 0.25) is 0 Å². The van der Waals surface area contributed by atoms with Crippen LogP contribution < -0.4 is 10.2 Å². The SMILES string of the molecule is O=C(CN1CCN(c2cccc3[nH]ccc23)CC1)Nc1ccccn1. The third kappa shape index (κ3) is 3.49. The van der Waals surface area contributed by atoms with Crippen LogP contribution >= 0.6 is 0 Å². The highest BCUT2D eigenvalue weighted by Gasteiger charge is 2.20. The van der Waals surface area contributed by atoms with E-state index < -0.39 is 0 Å². The van der Waals surface area contributed by atoms with Crippen molar-refractivity contribution in [1.29, 1.82) is 0 Å². The van der Waals surface area contributed by atoms with E-state index in [1.54, 1.807) is 12.3 Å². The highest BCUT2D eigenvalue weighted by Crippen LogP contribution is 2.26. The van der Waals surface area contributed by atoms with Crippen molar-refractivity contribution in [3.8, 4) is 0 Å². The molecule has 1 aliphatic rings. The van der Waals surface area contributed by atoms with Gasteiger partial charge in [-0.3, -0.25) is 9.69 Å². The quantitative estimate of drug-likeness (QED) is 0.768. The highest BCUT2D eigenvalue weighted by atomic mass is 16.2. The van der Waals surface area contributed by atoms with E-state index >= 15 is 0 Å². The van der Waals surface area contributed by atoms with Gasteiger partial charge in [0.25, 0.3) is 0 Å². The maximum Gasteiger partial charge on any atom is 0.239 e. The van der Waals surface area contributed by atoms with Crippen molar-refractivity contribution in [3.05, 3.63) is 54.9 Å². The minimum Gasteiger partial charge on any atom is -0.368 e. The van der Waals surface area contributed by atoms with Gasteiger partial charge in [0.2, 0.25) is 5.91 Å². The molecule has 0 saturated carbocycles. The van der Waals surface area contributed by atoms with Crippen LogP contribution in [0.25, 0.3) is 10.9 Å². The first-order chi connectivity index (χ1) is 12.3. The smallest absolute Gasteiger partial charge is 0.239 e. The lowest BCUT2D eigenvalue weighted by Crippen LogP contribution is -2.48. The number of nitrogens with zero attached hydrogens (tertiary/aromatic N) is 3. The number of hydrogen-bond acceptors (Lipinski definition) is 4. The Hall–Kier alpha value is -2.86. The van der Waals surface area contributed by atoms with E-state index in [0.717, 1.165) is 31.7 Å². The van der Waals surface area contributed by atoms with Gasteiger partial charge in [-0.1, -0.05) is 12.1 Å². The number of carbonyl (C=O) groups is 1. The van der Waals surface area contributed by atoms with Crippen molar-refractivity contribution in [2.24, 2.45) is 0 Å². The van der Waals surface area contributed by atoms with Crippen LogP contribution in [0.5, 0.6) is 0 Å². The van der Waals surface area contributed by atoms with Crippen molar-refractivity contribution in [2.45, 2.75) is 0 Å². The second-order valence-electron chi connectivity index (χ2n) is 6.24. The Morgan fingerprint density at radius 2 is 1.96 bits per heavy atom. The summed E-state index contributed by atoms with van der Waals surface area (Å²) in [6, 6.07) is 14.0. The molecule has 25 heavy (non-hydrogen) atoms. The summed E-state index contributed by atoms with van der Waals surface area (Å²) in [5.41, 5.74) is 2.42. The van der Waals surface area contributed by atoms with E-state index in [-0.39, 0.29) is 5.91 Å². The summed E-state index contributed by atoms with van der Waals surface area (Å²) < 4.78 is 0. The monoisotopic (exact) mass is 335 g/mol. The third-order valence-electron chi connectivity index (χ3n) is 4.58. The van der Waals surface area contributed by atoms with Gasteiger partial charge in [-0.15, -0.1) is 0 Å². The molecular weight excluding hydrogens is 314 g/mol. The molecule has 6 heteroatoms. The lowest BCUT2D eigenvalue weighted by molar-refractivity contribution is -0.117. The Bertz CT molecular complexity index is 852. The molecule has 1 fully saturated rings. The molecule has 2 aromatic heterocycles. The molecule has 1 aliphatic heterocycles. The van der Waals surface area contributed by atoms with Gasteiger partial charge < -0.3 is 15.2 Å². The standard InChI is InChI=1S/C19H21N5O/c25-19(22-18-6-1-2-8-21-18)14-23-10-12-24(13-11-23)17-5-3-4-16-15(17)7-9-20-16/h1-9,20H,10-14H2,(H,21,22,25). The summed E-state index contributed by atoms with van der Waals surface area (Å²) in [7, 11) is 0. The van der Waals surface area contributed by atoms with Gasteiger partial charge in [-0.05, 0) is 30.3 Å². The van der Waals surface area contributed by atoms with Crippen LogP contribution in [0.4, 0.5) is 11.5 Å². The topological polar surface area (TPSA) is 64.3 Å². The van der Waals surface area contributed by atoms with E-state index in [2.05, 4.69) is 49.4 Å². The summed E-state index contributed by atoms with van der Waals surface area (Å²) in [5, 5.41) is 4.10. The van der Waals surface area contributed by atoms with Crippen LogP contribution in [0, 0.1) is 0 Å². The molecule has 0 spiro atoms. The van der Waals surface area contributed by atoms with Crippen molar-refractivity contribution in [2.75, 3.05) is 42.9 Å². The van der Waals surface area contributed by atoms with Gasteiger partial charge in [0.15, 0.2) is 0 Å². The molecule has 0 unspecified atom stereocenters. The van der Waals surface area contributed by atoms with Gasteiger partial charge in [0.05, 0.1) is 6.54 Å². The summed E-state index contributed by atoms with van der Waals surface area (Å²) in [5.74, 6) is 0.588. The number of pyridine rings is 1. The highest BCUT2D eigenvalue weighted by molar-refractivity contribution is 5.93. The van der Waals surface area contributed by atoms with Gasteiger partial charge >= 0.3 is 0 Å². The van der Waals surface area contributed by atoms with Gasteiger partial charge in [-0.25, -0.2) is 4.98 Å². The van der Waals surface area contributed by atoms with Crippen LogP contribution in [-0.2, 0) is 4.79 Å². The number of rotatable bonds is 4. The Labute approximate surface area is 146 Å². The Morgan fingerprint density at radius 1 is 1.08 bits per heavy atom. The zero-order valence-electron chi connectivity index (χ0n) is 14.0. The average Bonchev–Trinajstić information content (AvgIpc) is 3.12. The first kappa shape index (κ1) is 15.7. The average molecular weight is 335 g/mol. The molecule has 0 aliphatic carbocycles. The molecule has 4 rings (SSSR count). The van der Waals surface area contributed by atoms with Crippen LogP contribution in [0.15, 0.2) is 54.9 Å². The summed E-state index contributed by atoms with van der Waals surface area (Å²) in [4.78, 5) is 24.1. The molecule has 1 amide bonds. The van der Waals surface area contributed by atoms with Gasteiger partial charge in [0.1, 0.15) is 5.82 Å². The molecule has 3 heterocycles. The summed E-state index contributed by atoms with van der Waals surface area (Å²) in [6.07, 6.45) is 3.66. The second-order valence-corrected chi connectivity index (χ2v) is 6.24. The number of benzene rings is 1. The number of hydrogen-bond donors (Lipinski definition) is 2. The van der Waals surface area contributed by atoms with E-state index in [4.69, 9.17) is 0 Å². The van der Waals surface area contributed by atoms with E-state index in [1.165, 1.54) is 11.1 Å². The number of H-pyrrole nitrogens is 1. The fourth-order valence-corrected chi connectivity index (χ4v) is 3.31. The third-order valence-corrected chi connectivity index (χ3v) is 4.58. The van der Waals surface area contributed by atoms with Crippen LogP contribution in [0.1, 0.15) is 0 Å². The van der Waals surface area contributed by atoms with E-state index in [9.17, 15) is 4.79 Å². The number of nitrogens with one attached hydrogen (secondary N) is 2. The zero-order chi connectivity index (χ0) is 17.1. The van der Waals surface area contributed by atoms with Crippen LogP contribution in [0.3, 0.4) is 0 Å². The molecule has 3 aromatic rings. The van der Waals surface area contributed by atoms with Crippen molar-refractivity contribution >= 4 is 28.3 Å². The number of aromatic nitrogens is 2. The predicted molar refractivity (Wildman–Crippen MR) is 99.8 cm³/mol. The minimum absolute atomic E-state index is 0.0140. The van der Waals surface area contributed by atoms with Crippen molar-refractivity contribution < 1.29 is 4.79 Å². The number of fused-ring (bicyclic) bond motifs is 1. The molecule has 0 atom stereocenters. The maximum absolute atomic E-state index is 12.2. The number of anilines is 2. The lowest BCUT2D eigenvalue weighted by Gasteiger charge is -2.36. The molecular formula is C19H21N5O. The maximum atomic E-state index is 12.2. The van der Waals surface area contributed by atoms with E-state index in [1.807, 2.05) is 18.3 Å². The largest absolute Gasteiger partial charge is 0.368 e. The number of piperazine rings is 1. The Morgan fingerprint density at radius 3 is 2.76 bits per heavy atom. The molecule has 6 nitrogen and oxygen atoms in total. The molecule has 1 saturated heterocycles. The second kappa shape index (κ2) is 6.94. The van der Waals surface area contributed by atoms with Gasteiger partial charge in [0, 0.05) is 55.2 Å². The molecule has 0 bridgehead atoms.